The summed E-state index contributed by atoms with van der Waals surface area (Å²) in [6.07, 6.45) is 11.2. The van der Waals surface area contributed by atoms with Gasteiger partial charge in [-0.15, -0.1) is 0 Å². The summed E-state index contributed by atoms with van der Waals surface area (Å²) in [6.45, 7) is 2.68. The molecule has 1 unspecified atom stereocenters. The van der Waals surface area contributed by atoms with E-state index in [1.807, 2.05) is 0 Å². The second-order valence-electron chi connectivity index (χ2n) is 7.30. The maximum Gasteiger partial charge on any atom is 0.204 e. The Morgan fingerprint density at radius 1 is 1.04 bits per heavy atom. The van der Waals surface area contributed by atoms with Crippen LogP contribution in [0.5, 0.6) is 11.5 Å². The summed E-state index contributed by atoms with van der Waals surface area (Å²) in [7, 11) is 1.32. The first-order chi connectivity index (χ1) is 12.6. The molecule has 1 aromatic rings. The fourth-order valence-electron chi connectivity index (χ4n) is 4.01. The zero-order chi connectivity index (χ0) is 18.9. The van der Waals surface area contributed by atoms with E-state index >= 15 is 0 Å². The van der Waals surface area contributed by atoms with Gasteiger partial charge < -0.3 is 9.47 Å². The van der Waals surface area contributed by atoms with Crippen LogP contribution in [0.1, 0.15) is 64.7 Å². The lowest BCUT2D eigenvalue weighted by Crippen LogP contribution is -2.22. The van der Waals surface area contributed by atoms with Crippen LogP contribution in [0, 0.1) is 23.5 Å². The number of benzene rings is 1. The predicted molar refractivity (Wildman–Crippen MR) is 110 cm³/mol. The highest BCUT2D eigenvalue weighted by Gasteiger charge is 2.25. The van der Waals surface area contributed by atoms with E-state index in [1.54, 1.807) is 0 Å². The molecular weight excluding hydrogens is 449 g/mol. The predicted octanol–water partition coefficient (Wildman–Crippen LogP) is 6.93. The lowest BCUT2D eigenvalue weighted by molar-refractivity contribution is 0.216. The van der Waals surface area contributed by atoms with Crippen molar-refractivity contribution in [1.82, 2.24) is 0 Å². The Morgan fingerprint density at radius 3 is 2.35 bits per heavy atom. The molecule has 0 N–H and O–H groups in total. The Balaban J connectivity index is 1.74. The molecule has 26 heavy (non-hydrogen) atoms. The first kappa shape index (κ1) is 21.7. The van der Waals surface area contributed by atoms with E-state index in [2.05, 4.69) is 29.5 Å². The molecule has 0 aromatic heterocycles. The van der Waals surface area contributed by atoms with Gasteiger partial charge in [0.15, 0.2) is 11.5 Å². The van der Waals surface area contributed by atoms with E-state index in [-0.39, 0.29) is 11.5 Å². The Bertz CT molecular complexity index is 545. The van der Waals surface area contributed by atoms with Gasteiger partial charge in [-0.1, -0.05) is 48.8 Å². The van der Waals surface area contributed by atoms with Gasteiger partial charge in [-0.05, 0) is 62.5 Å². The minimum absolute atomic E-state index is 0.0335. The van der Waals surface area contributed by atoms with E-state index in [9.17, 15) is 8.78 Å². The van der Waals surface area contributed by atoms with Crippen LogP contribution < -0.4 is 9.47 Å². The molecule has 1 fully saturated rings. The topological polar surface area (TPSA) is 18.5 Å². The van der Waals surface area contributed by atoms with Gasteiger partial charge in [0, 0.05) is 3.92 Å². The first-order valence-corrected chi connectivity index (χ1v) is 11.1. The van der Waals surface area contributed by atoms with Gasteiger partial charge in [-0.25, -0.2) is 0 Å². The van der Waals surface area contributed by atoms with Crippen LogP contribution in [0.2, 0.25) is 0 Å². The summed E-state index contributed by atoms with van der Waals surface area (Å²) in [4.78, 5) is 0. The quantitative estimate of drug-likeness (QED) is 0.205. The fraction of sp³-hybridized carbons (Fsp3) is 0.714. The van der Waals surface area contributed by atoms with Crippen molar-refractivity contribution >= 4 is 22.6 Å². The number of unbranched alkanes of at least 4 members (excludes halogenated alkanes) is 1. The van der Waals surface area contributed by atoms with E-state index in [1.165, 1.54) is 64.2 Å². The summed E-state index contributed by atoms with van der Waals surface area (Å²) < 4.78 is 38.6. The molecule has 0 amide bonds. The van der Waals surface area contributed by atoms with Gasteiger partial charge in [0.05, 0.1) is 13.7 Å². The van der Waals surface area contributed by atoms with Crippen LogP contribution >= 0.6 is 22.6 Å². The number of alkyl halides is 1. The third-order valence-corrected chi connectivity index (χ3v) is 6.73. The average molecular weight is 480 g/mol. The molecular formula is C21H31F2IO2. The van der Waals surface area contributed by atoms with Gasteiger partial charge in [0.2, 0.25) is 11.6 Å². The van der Waals surface area contributed by atoms with Crippen LogP contribution in [0.15, 0.2) is 12.1 Å². The fourth-order valence-corrected chi connectivity index (χ4v) is 4.73. The van der Waals surface area contributed by atoms with Gasteiger partial charge in [-0.2, -0.15) is 8.78 Å². The Morgan fingerprint density at radius 2 is 1.69 bits per heavy atom. The van der Waals surface area contributed by atoms with Crippen LogP contribution in [0.4, 0.5) is 8.78 Å². The summed E-state index contributed by atoms with van der Waals surface area (Å²) in [5.74, 6) is -0.413. The molecule has 1 atom stereocenters. The molecule has 1 saturated carbocycles. The van der Waals surface area contributed by atoms with Crippen LogP contribution in [-0.2, 0) is 0 Å². The molecule has 0 aliphatic heterocycles. The molecule has 0 saturated heterocycles. The molecule has 0 radical (unpaired) electrons. The maximum absolute atomic E-state index is 13.9. The molecule has 0 heterocycles. The molecule has 5 heteroatoms. The molecule has 0 spiro atoms. The molecule has 2 nitrogen and oxygen atoms in total. The van der Waals surface area contributed by atoms with Crippen molar-refractivity contribution in [3.8, 4) is 11.5 Å². The largest absolute Gasteiger partial charge is 0.494 e. The number of ether oxygens (including phenoxy) is 2. The van der Waals surface area contributed by atoms with Crippen LogP contribution in [0.3, 0.4) is 0 Å². The van der Waals surface area contributed by atoms with Crippen molar-refractivity contribution < 1.29 is 18.3 Å². The highest BCUT2D eigenvalue weighted by atomic mass is 127. The number of hydrogen-bond donors (Lipinski definition) is 0. The highest BCUT2D eigenvalue weighted by molar-refractivity contribution is 14.1. The number of methoxy groups -OCH3 is 1. The van der Waals surface area contributed by atoms with E-state index in [0.29, 0.717) is 6.61 Å². The third-order valence-electron chi connectivity index (χ3n) is 5.49. The standard InChI is InChI=1S/C21H31F2IO2/c1-3-6-15(16-8-10-17(24)11-9-16)7-4-5-14-26-19-13-12-18(25-2)20(22)21(19)23/h12-13,15-17H,3-11,14H2,1-2H3. The Hall–Kier alpha value is -0.590. The second kappa shape index (κ2) is 11.3. The minimum Gasteiger partial charge on any atom is -0.494 e. The van der Waals surface area contributed by atoms with Crippen molar-refractivity contribution in [2.75, 3.05) is 13.7 Å². The molecule has 2 rings (SSSR count). The number of hydrogen-bond acceptors (Lipinski definition) is 2. The Kier molecular flexibility index (Phi) is 9.43. The average Bonchev–Trinajstić information content (AvgIpc) is 2.65. The maximum atomic E-state index is 13.9. The van der Waals surface area contributed by atoms with Crippen molar-refractivity contribution in [1.29, 1.82) is 0 Å². The molecule has 1 aliphatic carbocycles. The SMILES string of the molecule is CCCC(CCCCOc1ccc(OC)c(F)c1F)C1CCC(I)CC1. The highest BCUT2D eigenvalue weighted by Crippen LogP contribution is 2.37. The normalized spacial score (nSPS) is 21.4. The van der Waals surface area contributed by atoms with Gasteiger partial charge in [0.1, 0.15) is 0 Å². The van der Waals surface area contributed by atoms with Gasteiger partial charge in [-0.3, -0.25) is 0 Å². The third kappa shape index (κ3) is 6.24. The molecule has 1 aliphatic rings. The lowest BCUT2D eigenvalue weighted by Gasteiger charge is -2.32. The van der Waals surface area contributed by atoms with Gasteiger partial charge >= 0.3 is 0 Å². The van der Waals surface area contributed by atoms with Crippen molar-refractivity contribution in [3.63, 3.8) is 0 Å². The van der Waals surface area contributed by atoms with Crippen LogP contribution in [0.25, 0.3) is 0 Å². The summed E-state index contributed by atoms with van der Waals surface area (Å²) in [6, 6.07) is 2.83. The second-order valence-corrected chi connectivity index (χ2v) is 9.06. The van der Waals surface area contributed by atoms with Gasteiger partial charge in [0.25, 0.3) is 0 Å². The van der Waals surface area contributed by atoms with Crippen molar-refractivity contribution in [2.24, 2.45) is 11.8 Å². The summed E-state index contributed by atoms with van der Waals surface area (Å²) in [5, 5.41) is 0. The zero-order valence-electron chi connectivity index (χ0n) is 15.9. The zero-order valence-corrected chi connectivity index (χ0v) is 18.1. The van der Waals surface area contributed by atoms with E-state index < -0.39 is 11.6 Å². The van der Waals surface area contributed by atoms with Crippen molar-refractivity contribution in [3.05, 3.63) is 23.8 Å². The first-order valence-electron chi connectivity index (χ1n) is 9.85. The van der Waals surface area contributed by atoms with Crippen molar-refractivity contribution in [2.45, 2.75) is 68.6 Å². The molecule has 148 valence electrons. The van der Waals surface area contributed by atoms with E-state index in [4.69, 9.17) is 9.47 Å². The molecule has 0 bridgehead atoms. The van der Waals surface area contributed by atoms with E-state index in [0.717, 1.165) is 28.6 Å². The number of halogens is 3. The number of rotatable bonds is 10. The summed E-state index contributed by atoms with van der Waals surface area (Å²) in [5.41, 5.74) is 0. The smallest absolute Gasteiger partial charge is 0.204 e. The van der Waals surface area contributed by atoms with Crippen LogP contribution in [-0.4, -0.2) is 17.6 Å². The summed E-state index contributed by atoms with van der Waals surface area (Å²) >= 11 is 2.58. The monoisotopic (exact) mass is 480 g/mol. The minimum atomic E-state index is -0.987. The lowest BCUT2D eigenvalue weighted by atomic mass is 9.76. The molecule has 1 aromatic carbocycles. The Labute approximate surface area is 170 Å².